The molecule has 0 fully saturated rings. The Morgan fingerprint density at radius 2 is 2.40 bits per heavy atom. The minimum Gasteiger partial charge on any atom is -0.389 e. The zero-order valence-electron chi connectivity index (χ0n) is 8.60. The van der Waals surface area contributed by atoms with E-state index in [0.29, 0.717) is 24.8 Å². The Morgan fingerprint density at radius 3 is 3.00 bits per heavy atom. The minimum absolute atomic E-state index is 0.265. The van der Waals surface area contributed by atoms with Gasteiger partial charge in [-0.2, -0.15) is 5.10 Å². The third kappa shape index (κ3) is 5.13. The molecule has 0 aliphatic carbocycles. The van der Waals surface area contributed by atoms with Crippen molar-refractivity contribution in [2.75, 3.05) is 26.9 Å². The molecule has 1 unspecified atom stereocenters. The van der Waals surface area contributed by atoms with Gasteiger partial charge in [0, 0.05) is 13.3 Å². The van der Waals surface area contributed by atoms with Gasteiger partial charge in [0.15, 0.2) is 0 Å². The highest BCUT2D eigenvalue weighted by molar-refractivity contribution is 6.30. The van der Waals surface area contributed by atoms with E-state index in [2.05, 4.69) is 5.10 Å². The summed E-state index contributed by atoms with van der Waals surface area (Å²) in [5.74, 6) is 0. The summed E-state index contributed by atoms with van der Waals surface area (Å²) in [5.41, 5.74) is 0. The van der Waals surface area contributed by atoms with Crippen LogP contribution in [0.25, 0.3) is 0 Å². The normalized spacial score (nSPS) is 13.0. The van der Waals surface area contributed by atoms with E-state index in [9.17, 15) is 5.11 Å². The predicted octanol–water partition coefficient (Wildman–Crippen LogP) is 0.560. The lowest BCUT2D eigenvalue weighted by atomic mass is 10.4. The van der Waals surface area contributed by atoms with E-state index in [1.54, 1.807) is 18.0 Å². The molecule has 15 heavy (non-hydrogen) atoms. The van der Waals surface area contributed by atoms with Gasteiger partial charge < -0.3 is 14.6 Å². The van der Waals surface area contributed by atoms with Crippen LogP contribution >= 0.6 is 11.6 Å². The van der Waals surface area contributed by atoms with Crippen molar-refractivity contribution in [3.63, 3.8) is 0 Å². The van der Waals surface area contributed by atoms with Gasteiger partial charge in [-0.25, -0.2) is 0 Å². The van der Waals surface area contributed by atoms with E-state index in [0.717, 1.165) is 0 Å². The summed E-state index contributed by atoms with van der Waals surface area (Å²) < 4.78 is 11.5. The van der Waals surface area contributed by atoms with Crippen LogP contribution in [0.15, 0.2) is 12.4 Å². The number of hydrogen-bond donors (Lipinski definition) is 1. The lowest BCUT2D eigenvalue weighted by molar-refractivity contribution is 0.00598. The van der Waals surface area contributed by atoms with Crippen LogP contribution in [0, 0.1) is 0 Å². The highest BCUT2D eigenvalue weighted by Gasteiger charge is 2.06. The van der Waals surface area contributed by atoms with E-state index in [-0.39, 0.29) is 6.61 Å². The fraction of sp³-hybridized carbons (Fsp3) is 0.667. The van der Waals surface area contributed by atoms with Crippen molar-refractivity contribution in [3.05, 3.63) is 17.4 Å². The zero-order chi connectivity index (χ0) is 11.1. The average molecular weight is 235 g/mol. The van der Waals surface area contributed by atoms with Crippen molar-refractivity contribution >= 4 is 11.6 Å². The number of aliphatic hydroxyl groups excluding tert-OH is 1. The molecule has 0 aliphatic heterocycles. The molecule has 0 amide bonds. The van der Waals surface area contributed by atoms with E-state index < -0.39 is 6.10 Å². The first-order chi connectivity index (χ1) is 7.22. The quantitative estimate of drug-likeness (QED) is 0.701. The number of ether oxygens (including phenoxy) is 2. The Bertz CT molecular complexity index is 280. The van der Waals surface area contributed by atoms with Crippen molar-refractivity contribution in [1.82, 2.24) is 9.78 Å². The number of rotatable bonds is 7. The molecule has 0 aliphatic rings. The van der Waals surface area contributed by atoms with Crippen LogP contribution in [-0.2, 0) is 16.0 Å². The molecule has 0 spiro atoms. The summed E-state index contributed by atoms with van der Waals surface area (Å²) in [6.45, 7) is 1.65. The van der Waals surface area contributed by atoms with Crippen LogP contribution in [0.5, 0.6) is 0 Å². The predicted molar refractivity (Wildman–Crippen MR) is 55.9 cm³/mol. The van der Waals surface area contributed by atoms with Crippen LogP contribution in [0.1, 0.15) is 0 Å². The molecule has 0 radical (unpaired) electrons. The Hall–Kier alpha value is -0.620. The van der Waals surface area contributed by atoms with Crippen LogP contribution < -0.4 is 0 Å². The molecular formula is C9H15ClN2O3. The molecule has 6 heteroatoms. The lowest BCUT2D eigenvalue weighted by Gasteiger charge is -2.10. The maximum atomic E-state index is 9.54. The lowest BCUT2D eigenvalue weighted by Crippen LogP contribution is -2.23. The summed E-state index contributed by atoms with van der Waals surface area (Å²) in [6.07, 6.45) is 2.60. The summed E-state index contributed by atoms with van der Waals surface area (Å²) in [7, 11) is 1.60. The highest BCUT2D eigenvalue weighted by Crippen LogP contribution is 2.05. The molecule has 1 N–H and O–H groups in total. The Labute approximate surface area is 93.6 Å². The molecular weight excluding hydrogens is 220 g/mol. The molecule has 86 valence electrons. The number of hydrogen-bond acceptors (Lipinski definition) is 4. The van der Waals surface area contributed by atoms with Crippen LogP contribution in [0.2, 0.25) is 5.02 Å². The van der Waals surface area contributed by atoms with Crippen molar-refractivity contribution in [1.29, 1.82) is 0 Å². The van der Waals surface area contributed by atoms with E-state index in [4.69, 9.17) is 21.1 Å². The highest BCUT2D eigenvalue weighted by atomic mass is 35.5. The molecule has 0 aromatic carbocycles. The number of halogens is 1. The maximum absolute atomic E-state index is 9.54. The molecule has 1 heterocycles. The number of aromatic nitrogens is 2. The summed E-state index contributed by atoms with van der Waals surface area (Å²) in [5, 5.41) is 14.0. The fourth-order valence-corrected chi connectivity index (χ4v) is 1.22. The van der Waals surface area contributed by atoms with Crippen LogP contribution in [-0.4, -0.2) is 47.9 Å². The van der Waals surface area contributed by atoms with Gasteiger partial charge in [-0.15, -0.1) is 0 Å². The Morgan fingerprint density at radius 1 is 1.60 bits per heavy atom. The summed E-state index contributed by atoms with van der Waals surface area (Å²) >= 11 is 5.68. The number of nitrogens with zero attached hydrogens (tertiary/aromatic N) is 2. The van der Waals surface area contributed by atoms with E-state index in [1.807, 2.05) is 0 Å². The van der Waals surface area contributed by atoms with Crippen LogP contribution in [0.4, 0.5) is 0 Å². The zero-order valence-corrected chi connectivity index (χ0v) is 9.35. The standard InChI is InChI=1S/C9H15ClN2O3/c1-14-2-3-15-7-9(13)6-12-5-8(10)4-11-12/h4-5,9,13H,2-3,6-7H2,1H3. The van der Waals surface area contributed by atoms with Crippen molar-refractivity contribution in [3.8, 4) is 0 Å². The fourth-order valence-electron chi connectivity index (χ4n) is 1.07. The van der Waals surface area contributed by atoms with Gasteiger partial charge in [-0.3, -0.25) is 4.68 Å². The van der Waals surface area contributed by atoms with Crippen molar-refractivity contribution in [2.24, 2.45) is 0 Å². The summed E-state index contributed by atoms with van der Waals surface area (Å²) in [4.78, 5) is 0. The third-order valence-electron chi connectivity index (χ3n) is 1.74. The molecule has 1 atom stereocenters. The smallest absolute Gasteiger partial charge is 0.0969 e. The second-order valence-electron chi connectivity index (χ2n) is 3.10. The Balaban J connectivity index is 2.15. The Kier molecular flexibility index (Phi) is 5.63. The SMILES string of the molecule is COCCOCC(O)Cn1cc(Cl)cn1. The second-order valence-corrected chi connectivity index (χ2v) is 3.54. The molecule has 1 aromatic rings. The van der Waals surface area contributed by atoms with Gasteiger partial charge in [0.1, 0.15) is 0 Å². The first-order valence-corrected chi connectivity index (χ1v) is 5.03. The summed E-state index contributed by atoms with van der Waals surface area (Å²) in [6, 6.07) is 0. The van der Waals surface area contributed by atoms with Crippen molar-refractivity contribution in [2.45, 2.75) is 12.6 Å². The molecule has 0 bridgehead atoms. The van der Waals surface area contributed by atoms with Gasteiger partial charge in [0.25, 0.3) is 0 Å². The number of aliphatic hydroxyl groups is 1. The van der Waals surface area contributed by atoms with E-state index >= 15 is 0 Å². The maximum Gasteiger partial charge on any atom is 0.0969 e. The molecule has 0 saturated heterocycles. The first-order valence-electron chi connectivity index (χ1n) is 4.65. The van der Waals surface area contributed by atoms with Gasteiger partial charge in [-0.1, -0.05) is 11.6 Å². The minimum atomic E-state index is -0.585. The van der Waals surface area contributed by atoms with Crippen LogP contribution in [0.3, 0.4) is 0 Å². The molecule has 1 rings (SSSR count). The van der Waals surface area contributed by atoms with Gasteiger partial charge in [-0.05, 0) is 0 Å². The third-order valence-corrected chi connectivity index (χ3v) is 1.94. The first kappa shape index (κ1) is 12.4. The van der Waals surface area contributed by atoms with Gasteiger partial charge >= 0.3 is 0 Å². The number of methoxy groups -OCH3 is 1. The van der Waals surface area contributed by atoms with E-state index in [1.165, 1.54) is 6.20 Å². The average Bonchev–Trinajstić information content (AvgIpc) is 2.59. The van der Waals surface area contributed by atoms with Gasteiger partial charge in [0.05, 0.1) is 43.7 Å². The van der Waals surface area contributed by atoms with Gasteiger partial charge in [0.2, 0.25) is 0 Å². The largest absolute Gasteiger partial charge is 0.389 e. The molecule has 0 saturated carbocycles. The second kappa shape index (κ2) is 6.79. The topological polar surface area (TPSA) is 56.5 Å². The monoisotopic (exact) mass is 234 g/mol. The molecule has 5 nitrogen and oxygen atoms in total. The van der Waals surface area contributed by atoms with Crippen molar-refractivity contribution < 1.29 is 14.6 Å². The molecule has 1 aromatic heterocycles.